The fourth-order valence-corrected chi connectivity index (χ4v) is 2.19. The molecule has 3 rings (SSSR count). The van der Waals surface area contributed by atoms with Crippen molar-refractivity contribution in [2.24, 2.45) is 0 Å². The minimum atomic E-state index is -0.528. The van der Waals surface area contributed by atoms with Gasteiger partial charge in [0.25, 0.3) is 0 Å². The summed E-state index contributed by atoms with van der Waals surface area (Å²) in [4.78, 5) is 8.76. The first-order chi connectivity index (χ1) is 10.3. The van der Waals surface area contributed by atoms with Crippen molar-refractivity contribution in [2.45, 2.75) is 38.9 Å². The van der Waals surface area contributed by atoms with Crippen LogP contribution in [0.5, 0.6) is 0 Å². The Morgan fingerprint density at radius 2 is 1.50 bits per heavy atom. The fraction of sp³-hybridized carbons (Fsp3) is 0.375. The summed E-state index contributed by atoms with van der Waals surface area (Å²) in [6.45, 7) is 7.97. The van der Waals surface area contributed by atoms with E-state index in [0.29, 0.717) is 11.3 Å². The maximum Gasteiger partial charge on any atom is 0.516 e. The number of benzene rings is 1. The van der Waals surface area contributed by atoms with Crippen molar-refractivity contribution >= 4 is 12.7 Å². The van der Waals surface area contributed by atoms with E-state index >= 15 is 0 Å². The lowest BCUT2D eigenvalue weighted by molar-refractivity contribution is 0.00578. The van der Waals surface area contributed by atoms with Gasteiger partial charge in [-0.15, -0.1) is 0 Å². The summed E-state index contributed by atoms with van der Waals surface area (Å²) >= 11 is 0. The van der Waals surface area contributed by atoms with Gasteiger partial charge in [-0.25, -0.2) is 4.39 Å². The van der Waals surface area contributed by atoms with Crippen LogP contribution in [-0.2, 0) is 9.31 Å². The van der Waals surface area contributed by atoms with E-state index in [0.717, 1.165) is 5.56 Å². The van der Waals surface area contributed by atoms with Gasteiger partial charge >= 0.3 is 7.12 Å². The Hall–Kier alpha value is -1.79. The quantitative estimate of drug-likeness (QED) is 0.800. The average molecular weight is 300 g/mol. The number of halogens is 1. The van der Waals surface area contributed by atoms with Crippen LogP contribution in [0.2, 0.25) is 0 Å². The maximum absolute atomic E-state index is 12.9. The van der Waals surface area contributed by atoms with E-state index in [2.05, 4.69) is 9.97 Å². The highest BCUT2D eigenvalue weighted by Gasteiger charge is 2.52. The summed E-state index contributed by atoms with van der Waals surface area (Å²) in [5.41, 5.74) is 1.31. The van der Waals surface area contributed by atoms with Crippen molar-refractivity contribution in [3.63, 3.8) is 0 Å². The van der Waals surface area contributed by atoms with Crippen molar-refractivity contribution < 1.29 is 13.7 Å². The third-order valence-corrected chi connectivity index (χ3v) is 4.31. The van der Waals surface area contributed by atoms with Crippen molar-refractivity contribution in [1.82, 2.24) is 9.97 Å². The molecule has 2 heterocycles. The predicted octanol–water partition coefficient (Wildman–Crippen LogP) is 2.58. The first kappa shape index (κ1) is 15.1. The molecule has 0 N–H and O–H groups in total. The molecule has 1 aromatic heterocycles. The highest BCUT2D eigenvalue weighted by Crippen LogP contribution is 2.36. The van der Waals surface area contributed by atoms with Gasteiger partial charge in [0.1, 0.15) is 5.82 Å². The second-order valence-corrected chi connectivity index (χ2v) is 6.42. The fourth-order valence-electron chi connectivity index (χ4n) is 2.19. The zero-order chi connectivity index (χ0) is 16.0. The molecule has 0 atom stereocenters. The molecule has 1 aromatic carbocycles. The molecule has 0 aliphatic carbocycles. The maximum atomic E-state index is 12.9. The van der Waals surface area contributed by atoms with Crippen molar-refractivity contribution in [1.29, 1.82) is 0 Å². The van der Waals surface area contributed by atoms with Crippen LogP contribution in [0.25, 0.3) is 11.3 Å². The second-order valence-electron chi connectivity index (χ2n) is 6.42. The van der Waals surface area contributed by atoms with Crippen LogP contribution in [-0.4, -0.2) is 28.3 Å². The van der Waals surface area contributed by atoms with Gasteiger partial charge in [-0.2, -0.15) is 0 Å². The van der Waals surface area contributed by atoms with Gasteiger partial charge in [0, 0.05) is 11.8 Å². The minimum absolute atomic E-state index is 0.273. The summed E-state index contributed by atoms with van der Waals surface area (Å²) in [6, 6.07) is 6.15. The molecule has 0 unspecified atom stereocenters. The zero-order valence-electron chi connectivity index (χ0n) is 13.1. The highest BCUT2D eigenvalue weighted by atomic mass is 19.1. The Bertz CT molecular complexity index is 656. The van der Waals surface area contributed by atoms with Crippen LogP contribution in [0.3, 0.4) is 0 Å². The normalized spacial score (nSPS) is 19.4. The topological polar surface area (TPSA) is 44.2 Å². The van der Waals surface area contributed by atoms with Gasteiger partial charge in [-0.3, -0.25) is 9.97 Å². The molecule has 0 amide bonds. The molecule has 1 aliphatic rings. The van der Waals surface area contributed by atoms with Crippen molar-refractivity contribution in [3.8, 4) is 11.3 Å². The van der Waals surface area contributed by atoms with E-state index < -0.39 is 18.3 Å². The van der Waals surface area contributed by atoms with Crippen LogP contribution in [0.15, 0.2) is 36.7 Å². The van der Waals surface area contributed by atoms with Gasteiger partial charge in [0.2, 0.25) is 0 Å². The van der Waals surface area contributed by atoms with Crippen LogP contribution >= 0.6 is 0 Å². The summed E-state index contributed by atoms with van der Waals surface area (Å²) in [5.74, 6) is -0.273. The van der Waals surface area contributed by atoms with Gasteiger partial charge < -0.3 is 9.31 Å². The van der Waals surface area contributed by atoms with E-state index in [1.807, 2.05) is 27.7 Å². The standard InChI is InChI=1S/C16H18BFN2O2/c1-15(2)16(3,4)22-17(21-15)14-10-19-13(9-20-14)11-5-7-12(18)8-6-11/h5-10H,1-4H3. The molecule has 2 aromatic rings. The molecular formula is C16H18BFN2O2. The Kier molecular flexibility index (Phi) is 3.53. The molecule has 22 heavy (non-hydrogen) atoms. The SMILES string of the molecule is CC1(C)OB(c2cnc(-c3ccc(F)cc3)cn2)OC1(C)C. The van der Waals surface area contributed by atoms with E-state index in [1.165, 1.54) is 12.1 Å². The average Bonchev–Trinajstić information content (AvgIpc) is 2.68. The lowest BCUT2D eigenvalue weighted by atomic mass is 9.85. The molecular weight excluding hydrogens is 282 g/mol. The molecule has 4 nitrogen and oxygen atoms in total. The zero-order valence-corrected chi connectivity index (χ0v) is 13.1. The van der Waals surface area contributed by atoms with Crippen LogP contribution in [0.1, 0.15) is 27.7 Å². The molecule has 0 saturated carbocycles. The molecule has 114 valence electrons. The number of hydrogen-bond donors (Lipinski definition) is 0. The molecule has 6 heteroatoms. The first-order valence-corrected chi connectivity index (χ1v) is 7.22. The lowest BCUT2D eigenvalue weighted by Crippen LogP contribution is -2.41. The number of nitrogens with zero attached hydrogens (tertiary/aromatic N) is 2. The van der Waals surface area contributed by atoms with Gasteiger partial charge in [0.05, 0.1) is 28.7 Å². The van der Waals surface area contributed by atoms with Crippen molar-refractivity contribution in [2.75, 3.05) is 0 Å². The van der Waals surface area contributed by atoms with Gasteiger partial charge in [-0.1, -0.05) is 0 Å². The monoisotopic (exact) mass is 300 g/mol. The third-order valence-electron chi connectivity index (χ3n) is 4.31. The second kappa shape index (κ2) is 5.14. The summed E-state index contributed by atoms with van der Waals surface area (Å²) in [5, 5.41) is 0. The van der Waals surface area contributed by atoms with Crippen LogP contribution in [0.4, 0.5) is 4.39 Å². The molecule has 0 radical (unpaired) electrons. The lowest BCUT2D eigenvalue weighted by Gasteiger charge is -2.32. The Morgan fingerprint density at radius 1 is 0.909 bits per heavy atom. The highest BCUT2D eigenvalue weighted by molar-refractivity contribution is 6.61. The van der Waals surface area contributed by atoms with E-state index in [1.54, 1.807) is 24.5 Å². The van der Waals surface area contributed by atoms with Gasteiger partial charge in [-0.05, 0) is 52.0 Å². The Labute approximate surface area is 129 Å². The Morgan fingerprint density at radius 3 is 2.00 bits per heavy atom. The molecule has 1 saturated heterocycles. The number of rotatable bonds is 2. The number of hydrogen-bond acceptors (Lipinski definition) is 4. The summed E-state index contributed by atoms with van der Waals surface area (Å²) < 4.78 is 24.8. The van der Waals surface area contributed by atoms with Crippen molar-refractivity contribution in [3.05, 3.63) is 42.5 Å². The molecule has 1 aliphatic heterocycles. The van der Waals surface area contributed by atoms with E-state index in [-0.39, 0.29) is 5.82 Å². The smallest absolute Gasteiger partial charge is 0.398 e. The minimum Gasteiger partial charge on any atom is -0.398 e. The van der Waals surface area contributed by atoms with E-state index in [9.17, 15) is 4.39 Å². The number of aromatic nitrogens is 2. The largest absolute Gasteiger partial charge is 0.516 e. The molecule has 0 bridgehead atoms. The third kappa shape index (κ3) is 2.64. The summed E-state index contributed by atoms with van der Waals surface area (Å²) in [6.07, 6.45) is 3.29. The summed E-state index contributed by atoms with van der Waals surface area (Å²) in [7, 11) is -0.528. The van der Waals surface area contributed by atoms with Crippen LogP contribution < -0.4 is 5.59 Å². The molecule has 0 spiro atoms. The van der Waals surface area contributed by atoms with Crippen LogP contribution in [0, 0.1) is 5.82 Å². The Balaban J connectivity index is 1.82. The first-order valence-electron chi connectivity index (χ1n) is 7.22. The van der Waals surface area contributed by atoms with E-state index in [4.69, 9.17) is 9.31 Å². The van der Waals surface area contributed by atoms with Gasteiger partial charge in [0.15, 0.2) is 0 Å². The predicted molar refractivity (Wildman–Crippen MR) is 83.1 cm³/mol. The molecule has 1 fully saturated rings.